The van der Waals surface area contributed by atoms with Gasteiger partial charge in [-0.25, -0.2) is 4.99 Å². The molecule has 1 aliphatic rings. The monoisotopic (exact) mass is 245 g/mol. The molecular formula is C9H15N3O3S. The highest BCUT2D eigenvalue weighted by molar-refractivity contribution is 8.00. The number of thioether (sulfide) groups is 1. The van der Waals surface area contributed by atoms with Gasteiger partial charge in [0.1, 0.15) is 12.2 Å². The summed E-state index contributed by atoms with van der Waals surface area (Å²) in [7, 11) is 0. The Morgan fingerprint density at radius 1 is 1.75 bits per heavy atom. The fourth-order valence-corrected chi connectivity index (χ4v) is 2.71. The number of hydrogen-bond donors (Lipinski definition) is 3. The molecule has 7 heteroatoms. The fourth-order valence-electron chi connectivity index (χ4n) is 1.37. The highest BCUT2D eigenvalue weighted by Crippen LogP contribution is 2.34. The average Bonchev–Trinajstić information content (AvgIpc) is 2.60. The molecule has 1 fully saturated rings. The summed E-state index contributed by atoms with van der Waals surface area (Å²) in [5.74, 6) is 0.106. The zero-order valence-corrected chi connectivity index (χ0v) is 9.51. The summed E-state index contributed by atoms with van der Waals surface area (Å²) in [5, 5.41) is 18.1. The minimum Gasteiger partial charge on any atom is -0.395 e. The molecule has 0 bridgehead atoms. The molecule has 3 atom stereocenters. The van der Waals surface area contributed by atoms with Gasteiger partial charge in [0.2, 0.25) is 6.41 Å². The Morgan fingerprint density at radius 3 is 2.88 bits per heavy atom. The number of aliphatic hydroxyl groups is 2. The number of carbonyl (C=O) groups is 1. The topological polar surface area (TPSA) is 99.2 Å². The van der Waals surface area contributed by atoms with Crippen molar-refractivity contribution >= 4 is 24.5 Å². The molecule has 0 aliphatic carbocycles. The van der Waals surface area contributed by atoms with Crippen molar-refractivity contribution in [1.29, 1.82) is 0 Å². The third kappa shape index (κ3) is 3.22. The number of nitrogens with zero attached hydrogens (tertiary/aromatic N) is 2. The van der Waals surface area contributed by atoms with Crippen LogP contribution in [0.25, 0.3) is 0 Å². The molecule has 1 amide bonds. The smallest absolute Gasteiger partial charge is 0.215 e. The SMILES string of the molecule is C=C(N)/N=C\N(C=O)C1CC(O)C(CO)S1. The van der Waals surface area contributed by atoms with Gasteiger partial charge < -0.3 is 15.9 Å². The number of nitrogens with two attached hydrogens (primary N) is 1. The van der Waals surface area contributed by atoms with Gasteiger partial charge in [-0.3, -0.25) is 9.69 Å². The van der Waals surface area contributed by atoms with Gasteiger partial charge in [0.25, 0.3) is 0 Å². The highest BCUT2D eigenvalue weighted by Gasteiger charge is 2.35. The van der Waals surface area contributed by atoms with Crippen molar-refractivity contribution in [3.8, 4) is 0 Å². The molecule has 1 heterocycles. The van der Waals surface area contributed by atoms with Gasteiger partial charge >= 0.3 is 0 Å². The van der Waals surface area contributed by atoms with E-state index in [1.807, 2.05) is 0 Å². The molecule has 4 N–H and O–H groups in total. The standard InChI is InChI=1S/C9H15N3O3S/c1-6(10)11-4-12(5-14)9-2-7(15)8(3-13)16-9/h4-5,7-9,13,15H,1-3,10H2/b11-4-. The third-order valence-corrected chi connectivity index (χ3v) is 3.76. The summed E-state index contributed by atoms with van der Waals surface area (Å²) >= 11 is 1.34. The van der Waals surface area contributed by atoms with Crippen LogP contribution in [0.15, 0.2) is 17.4 Å². The zero-order chi connectivity index (χ0) is 12.1. The van der Waals surface area contributed by atoms with E-state index in [2.05, 4.69) is 11.6 Å². The maximum atomic E-state index is 10.8. The third-order valence-electron chi connectivity index (χ3n) is 2.20. The number of amides is 1. The van der Waals surface area contributed by atoms with E-state index < -0.39 is 6.10 Å². The van der Waals surface area contributed by atoms with Crippen molar-refractivity contribution in [2.24, 2.45) is 10.7 Å². The molecule has 0 radical (unpaired) electrons. The Hall–Kier alpha value is -1.05. The minimum absolute atomic E-state index is 0.106. The first-order chi connectivity index (χ1) is 7.58. The molecule has 1 aliphatic heterocycles. The summed E-state index contributed by atoms with van der Waals surface area (Å²) in [6.45, 7) is 3.26. The van der Waals surface area contributed by atoms with Crippen LogP contribution >= 0.6 is 11.8 Å². The molecule has 0 aromatic rings. The number of rotatable bonds is 5. The fraction of sp³-hybridized carbons (Fsp3) is 0.556. The molecule has 1 saturated heterocycles. The van der Waals surface area contributed by atoms with Crippen molar-refractivity contribution in [3.63, 3.8) is 0 Å². The van der Waals surface area contributed by atoms with E-state index in [0.29, 0.717) is 12.8 Å². The van der Waals surface area contributed by atoms with Crippen LogP contribution in [-0.4, -0.2) is 51.2 Å². The molecule has 90 valence electrons. The van der Waals surface area contributed by atoms with Crippen molar-refractivity contribution in [2.45, 2.75) is 23.1 Å². The molecule has 3 unspecified atom stereocenters. The second-order valence-electron chi connectivity index (χ2n) is 3.40. The normalized spacial score (nSPS) is 29.5. The quantitative estimate of drug-likeness (QED) is 0.331. The number of aliphatic hydroxyl groups excluding tert-OH is 2. The van der Waals surface area contributed by atoms with Crippen LogP contribution in [0, 0.1) is 0 Å². The van der Waals surface area contributed by atoms with E-state index in [-0.39, 0.29) is 23.1 Å². The van der Waals surface area contributed by atoms with Crippen molar-refractivity contribution < 1.29 is 15.0 Å². The van der Waals surface area contributed by atoms with Crippen LogP contribution in [0.3, 0.4) is 0 Å². The Labute approximate surface area is 97.8 Å². The van der Waals surface area contributed by atoms with Crippen LogP contribution in [0.1, 0.15) is 6.42 Å². The molecular weight excluding hydrogens is 230 g/mol. The first kappa shape index (κ1) is 13.0. The van der Waals surface area contributed by atoms with E-state index in [1.165, 1.54) is 23.0 Å². The van der Waals surface area contributed by atoms with Gasteiger partial charge in [-0.05, 0) is 0 Å². The molecule has 0 saturated carbocycles. The minimum atomic E-state index is -0.614. The van der Waals surface area contributed by atoms with Gasteiger partial charge in [-0.2, -0.15) is 0 Å². The summed E-state index contributed by atoms with van der Waals surface area (Å²) in [5.41, 5.74) is 5.24. The lowest BCUT2D eigenvalue weighted by Gasteiger charge is -2.18. The highest BCUT2D eigenvalue weighted by atomic mass is 32.2. The van der Waals surface area contributed by atoms with E-state index in [1.54, 1.807) is 0 Å². The van der Waals surface area contributed by atoms with Crippen molar-refractivity contribution in [1.82, 2.24) is 4.90 Å². The lowest BCUT2D eigenvalue weighted by Crippen LogP contribution is -2.29. The second-order valence-corrected chi connectivity index (χ2v) is 4.83. The summed E-state index contributed by atoms with van der Waals surface area (Å²) in [4.78, 5) is 15.8. The number of hydrogen-bond acceptors (Lipinski definition) is 6. The lowest BCUT2D eigenvalue weighted by molar-refractivity contribution is -0.115. The Bertz CT molecular complexity index is 298. The van der Waals surface area contributed by atoms with E-state index in [9.17, 15) is 9.90 Å². The number of carbonyl (C=O) groups excluding carboxylic acids is 1. The first-order valence-corrected chi connectivity index (χ1v) is 5.68. The van der Waals surface area contributed by atoms with Gasteiger partial charge in [-0.15, -0.1) is 11.8 Å². The van der Waals surface area contributed by atoms with E-state index in [0.717, 1.165) is 0 Å². The van der Waals surface area contributed by atoms with Crippen molar-refractivity contribution in [2.75, 3.05) is 6.61 Å². The Balaban J connectivity index is 2.62. The lowest BCUT2D eigenvalue weighted by atomic mass is 10.2. The summed E-state index contributed by atoms with van der Waals surface area (Å²) in [6, 6.07) is 0. The summed E-state index contributed by atoms with van der Waals surface area (Å²) < 4.78 is 0. The Kier molecular flexibility index (Phi) is 4.78. The predicted molar refractivity (Wildman–Crippen MR) is 62.6 cm³/mol. The largest absolute Gasteiger partial charge is 0.395 e. The molecule has 1 rings (SSSR count). The van der Waals surface area contributed by atoms with Crippen LogP contribution < -0.4 is 5.73 Å². The van der Waals surface area contributed by atoms with Gasteiger partial charge in [0.15, 0.2) is 0 Å². The first-order valence-electron chi connectivity index (χ1n) is 4.74. The molecule has 0 spiro atoms. The van der Waals surface area contributed by atoms with Gasteiger partial charge in [0.05, 0.1) is 23.3 Å². The summed E-state index contributed by atoms with van der Waals surface area (Å²) in [6.07, 6.45) is 1.67. The molecule has 0 aromatic carbocycles. The zero-order valence-electron chi connectivity index (χ0n) is 8.69. The van der Waals surface area contributed by atoms with Crippen LogP contribution in [0.2, 0.25) is 0 Å². The van der Waals surface area contributed by atoms with Crippen molar-refractivity contribution in [3.05, 3.63) is 12.4 Å². The molecule has 16 heavy (non-hydrogen) atoms. The van der Waals surface area contributed by atoms with Gasteiger partial charge in [-0.1, -0.05) is 6.58 Å². The Morgan fingerprint density at radius 2 is 2.44 bits per heavy atom. The molecule has 0 aromatic heterocycles. The van der Waals surface area contributed by atoms with Crippen LogP contribution in [0.5, 0.6) is 0 Å². The second kappa shape index (κ2) is 5.88. The molecule has 6 nitrogen and oxygen atoms in total. The van der Waals surface area contributed by atoms with E-state index in [4.69, 9.17) is 10.8 Å². The van der Waals surface area contributed by atoms with Gasteiger partial charge in [0, 0.05) is 6.42 Å². The average molecular weight is 245 g/mol. The van der Waals surface area contributed by atoms with Crippen LogP contribution in [-0.2, 0) is 4.79 Å². The van der Waals surface area contributed by atoms with Crippen LogP contribution in [0.4, 0.5) is 0 Å². The maximum absolute atomic E-state index is 10.8. The van der Waals surface area contributed by atoms with E-state index >= 15 is 0 Å². The maximum Gasteiger partial charge on any atom is 0.215 e. The number of aliphatic imine (C=N–C) groups is 1. The predicted octanol–water partition coefficient (Wildman–Crippen LogP) is -0.912.